The van der Waals surface area contributed by atoms with E-state index in [-0.39, 0.29) is 11.0 Å². The summed E-state index contributed by atoms with van der Waals surface area (Å²) in [5.41, 5.74) is -0.347. The molecule has 3 rings (SSSR count). The summed E-state index contributed by atoms with van der Waals surface area (Å²) in [6.07, 6.45) is 5.93. The van der Waals surface area contributed by atoms with Crippen molar-refractivity contribution >= 4 is 17.7 Å². The molecule has 2 aliphatic heterocycles. The maximum Gasteiger partial charge on any atom is 0.309 e. The third-order valence-electron chi connectivity index (χ3n) is 4.89. The molecule has 2 heterocycles. The van der Waals surface area contributed by atoms with Crippen molar-refractivity contribution in [3.63, 3.8) is 0 Å². The Kier molecular flexibility index (Phi) is 2.90. The van der Waals surface area contributed by atoms with Crippen molar-refractivity contribution in [2.24, 2.45) is 11.3 Å². The Balaban J connectivity index is 1.73. The number of thioether (sulfide) groups is 1. The van der Waals surface area contributed by atoms with Crippen LogP contribution in [0.15, 0.2) is 0 Å². The molecule has 17 heavy (non-hydrogen) atoms. The zero-order chi connectivity index (χ0) is 11.9. The van der Waals surface area contributed by atoms with E-state index in [0.717, 1.165) is 45.1 Å². The third-order valence-corrected chi connectivity index (χ3v) is 5.88. The van der Waals surface area contributed by atoms with Crippen molar-refractivity contribution in [1.82, 2.24) is 0 Å². The predicted octanol–water partition coefficient (Wildman–Crippen LogP) is 2.54. The standard InChI is InChI=1S/C13H20O3S/c14-11(15)13(2-3-13)10-1-6-16-12(9-10)4-7-17-8-5-12/h10H,1-9H2,(H,14,15). The fraction of sp³-hybridized carbons (Fsp3) is 0.923. The van der Waals surface area contributed by atoms with Crippen LogP contribution in [0.5, 0.6) is 0 Å². The van der Waals surface area contributed by atoms with Crippen molar-refractivity contribution < 1.29 is 14.6 Å². The van der Waals surface area contributed by atoms with E-state index in [2.05, 4.69) is 0 Å². The Morgan fingerprint density at radius 2 is 1.94 bits per heavy atom. The van der Waals surface area contributed by atoms with Gasteiger partial charge < -0.3 is 9.84 Å². The van der Waals surface area contributed by atoms with Gasteiger partial charge in [-0.25, -0.2) is 0 Å². The highest BCUT2D eigenvalue weighted by atomic mass is 32.2. The van der Waals surface area contributed by atoms with Crippen molar-refractivity contribution in [3.05, 3.63) is 0 Å². The van der Waals surface area contributed by atoms with E-state index in [1.54, 1.807) is 0 Å². The maximum atomic E-state index is 11.4. The third kappa shape index (κ3) is 1.99. The van der Waals surface area contributed by atoms with Crippen LogP contribution in [-0.4, -0.2) is 34.8 Å². The second-order valence-electron chi connectivity index (χ2n) is 5.79. The van der Waals surface area contributed by atoms with E-state index < -0.39 is 5.97 Å². The van der Waals surface area contributed by atoms with Gasteiger partial charge in [-0.3, -0.25) is 4.79 Å². The molecule has 1 unspecified atom stereocenters. The van der Waals surface area contributed by atoms with E-state index in [1.165, 1.54) is 11.5 Å². The summed E-state index contributed by atoms with van der Waals surface area (Å²) >= 11 is 2.00. The van der Waals surface area contributed by atoms with Crippen LogP contribution in [0.3, 0.4) is 0 Å². The summed E-state index contributed by atoms with van der Waals surface area (Å²) in [6.45, 7) is 0.768. The van der Waals surface area contributed by atoms with Gasteiger partial charge in [0.15, 0.2) is 0 Å². The molecule has 0 amide bonds. The predicted molar refractivity (Wildman–Crippen MR) is 67.3 cm³/mol. The first-order valence-corrected chi connectivity index (χ1v) is 7.78. The summed E-state index contributed by atoms with van der Waals surface area (Å²) in [6, 6.07) is 0. The zero-order valence-electron chi connectivity index (χ0n) is 10.1. The largest absolute Gasteiger partial charge is 0.481 e. The Labute approximate surface area is 106 Å². The number of rotatable bonds is 2. The van der Waals surface area contributed by atoms with Crippen LogP contribution in [-0.2, 0) is 9.53 Å². The van der Waals surface area contributed by atoms with Gasteiger partial charge in [0.25, 0.3) is 0 Å². The van der Waals surface area contributed by atoms with E-state index in [9.17, 15) is 9.90 Å². The summed E-state index contributed by atoms with van der Waals surface area (Å²) in [4.78, 5) is 11.4. The van der Waals surface area contributed by atoms with Gasteiger partial charge >= 0.3 is 5.97 Å². The molecule has 0 aromatic heterocycles. The van der Waals surface area contributed by atoms with E-state index >= 15 is 0 Å². The van der Waals surface area contributed by atoms with Crippen molar-refractivity contribution in [1.29, 1.82) is 0 Å². The fourth-order valence-corrected chi connectivity index (χ4v) is 4.76. The van der Waals surface area contributed by atoms with E-state index in [0.29, 0.717) is 5.92 Å². The molecule has 1 saturated carbocycles. The SMILES string of the molecule is O=C(O)C1(C2CCOC3(CCSCC3)C2)CC1. The molecular formula is C13H20O3S. The van der Waals surface area contributed by atoms with Crippen LogP contribution in [0.25, 0.3) is 0 Å². The normalized spacial score (nSPS) is 34.5. The van der Waals surface area contributed by atoms with Gasteiger partial charge in [0, 0.05) is 6.61 Å². The van der Waals surface area contributed by atoms with Gasteiger partial charge in [-0.1, -0.05) is 0 Å². The second-order valence-corrected chi connectivity index (χ2v) is 7.02. The molecule has 3 aliphatic rings. The van der Waals surface area contributed by atoms with E-state index in [4.69, 9.17) is 4.74 Å². The van der Waals surface area contributed by atoms with Crippen LogP contribution in [0.1, 0.15) is 38.5 Å². The monoisotopic (exact) mass is 256 g/mol. The summed E-state index contributed by atoms with van der Waals surface area (Å²) in [5, 5.41) is 9.40. The number of carbonyl (C=O) groups is 1. The van der Waals surface area contributed by atoms with E-state index in [1.807, 2.05) is 11.8 Å². The molecule has 3 fully saturated rings. The van der Waals surface area contributed by atoms with Crippen LogP contribution in [0.2, 0.25) is 0 Å². The topological polar surface area (TPSA) is 46.5 Å². The lowest BCUT2D eigenvalue weighted by Crippen LogP contribution is -2.46. The minimum Gasteiger partial charge on any atom is -0.481 e. The number of carboxylic acids is 1. The van der Waals surface area contributed by atoms with Crippen LogP contribution in [0, 0.1) is 11.3 Å². The molecule has 0 bridgehead atoms. The van der Waals surface area contributed by atoms with Crippen molar-refractivity contribution in [3.8, 4) is 0 Å². The van der Waals surface area contributed by atoms with Gasteiger partial charge in [0.1, 0.15) is 0 Å². The van der Waals surface area contributed by atoms with Gasteiger partial charge in [-0.15, -0.1) is 0 Å². The first-order valence-electron chi connectivity index (χ1n) is 6.62. The molecule has 1 spiro atoms. The molecular weight excluding hydrogens is 236 g/mol. The number of ether oxygens (including phenoxy) is 1. The second kappa shape index (κ2) is 4.16. The number of hydrogen-bond donors (Lipinski definition) is 1. The lowest BCUT2D eigenvalue weighted by Gasteiger charge is -2.45. The average Bonchev–Trinajstić information content (AvgIpc) is 3.11. The molecule has 96 valence electrons. The highest BCUT2D eigenvalue weighted by Gasteiger charge is 2.58. The molecule has 4 heteroatoms. The van der Waals surface area contributed by atoms with Crippen molar-refractivity contribution in [2.75, 3.05) is 18.1 Å². The average molecular weight is 256 g/mol. The Bertz CT molecular complexity index is 313. The summed E-state index contributed by atoms with van der Waals surface area (Å²) in [5.74, 6) is 2.14. The fourth-order valence-electron chi connectivity index (χ4n) is 3.52. The Hall–Kier alpha value is -0.220. The van der Waals surface area contributed by atoms with Gasteiger partial charge in [0.05, 0.1) is 11.0 Å². The van der Waals surface area contributed by atoms with Gasteiger partial charge in [0.2, 0.25) is 0 Å². The smallest absolute Gasteiger partial charge is 0.309 e. The van der Waals surface area contributed by atoms with Crippen molar-refractivity contribution in [2.45, 2.75) is 44.1 Å². The van der Waals surface area contributed by atoms with Gasteiger partial charge in [-0.05, 0) is 55.9 Å². The Morgan fingerprint density at radius 1 is 1.24 bits per heavy atom. The van der Waals surface area contributed by atoms with Crippen LogP contribution in [0.4, 0.5) is 0 Å². The lowest BCUT2D eigenvalue weighted by molar-refractivity contribution is -0.153. The van der Waals surface area contributed by atoms with Gasteiger partial charge in [-0.2, -0.15) is 11.8 Å². The Morgan fingerprint density at radius 3 is 2.53 bits per heavy atom. The molecule has 1 atom stereocenters. The highest BCUT2D eigenvalue weighted by Crippen LogP contribution is 2.58. The minimum atomic E-state index is -0.565. The summed E-state index contributed by atoms with van der Waals surface area (Å²) < 4.78 is 6.03. The molecule has 0 radical (unpaired) electrons. The first kappa shape index (κ1) is 11.8. The molecule has 1 aliphatic carbocycles. The molecule has 0 aromatic carbocycles. The minimum absolute atomic E-state index is 0.0270. The molecule has 0 aromatic rings. The zero-order valence-corrected chi connectivity index (χ0v) is 10.9. The molecule has 1 N–H and O–H groups in total. The quantitative estimate of drug-likeness (QED) is 0.824. The van der Waals surface area contributed by atoms with Crippen LogP contribution >= 0.6 is 11.8 Å². The van der Waals surface area contributed by atoms with Crippen LogP contribution < -0.4 is 0 Å². The number of hydrogen-bond acceptors (Lipinski definition) is 3. The highest BCUT2D eigenvalue weighted by molar-refractivity contribution is 7.99. The number of aliphatic carboxylic acids is 1. The molecule has 3 nitrogen and oxygen atoms in total. The number of carboxylic acid groups (broad SMARTS) is 1. The maximum absolute atomic E-state index is 11.4. The molecule has 2 saturated heterocycles. The summed E-state index contributed by atoms with van der Waals surface area (Å²) in [7, 11) is 0. The first-order chi connectivity index (χ1) is 8.17. The lowest BCUT2D eigenvalue weighted by atomic mass is 9.74.